The maximum Gasteiger partial charge on any atom is 0.267 e. The summed E-state index contributed by atoms with van der Waals surface area (Å²) in [4.78, 5) is 9.53. The Morgan fingerprint density at radius 3 is 2.91 bits per heavy atom. The summed E-state index contributed by atoms with van der Waals surface area (Å²) < 4.78 is 13.3. The van der Waals surface area contributed by atoms with Gasteiger partial charge in [0.15, 0.2) is 5.83 Å². The van der Waals surface area contributed by atoms with Crippen molar-refractivity contribution in [3.05, 3.63) is 32.6 Å². The van der Waals surface area contributed by atoms with Gasteiger partial charge in [-0.15, -0.1) is 0 Å². The van der Waals surface area contributed by atoms with E-state index in [2.05, 4.69) is 15.9 Å². The van der Waals surface area contributed by atoms with Gasteiger partial charge in [0.25, 0.3) is 6.04 Å². The molecule has 0 aromatic heterocycles. The molecule has 0 N–H and O–H groups in total. The van der Waals surface area contributed by atoms with Crippen molar-refractivity contribution in [1.29, 1.82) is 0 Å². The van der Waals surface area contributed by atoms with E-state index in [4.69, 9.17) is 0 Å². The molecular formula is C6H5BrFNO2. The van der Waals surface area contributed by atoms with Gasteiger partial charge in [0.05, 0.1) is 0 Å². The second-order valence-corrected chi connectivity index (χ2v) is 3.07. The molecule has 1 aliphatic carbocycles. The molecule has 0 saturated carbocycles. The van der Waals surface area contributed by atoms with E-state index in [1.807, 2.05) is 0 Å². The molecule has 1 rings (SSSR count). The zero-order chi connectivity index (χ0) is 8.43. The van der Waals surface area contributed by atoms with E-state index in [0.717, 1.165) is 6.08 Å². The summed E-state index contributed by atoms with van der Waals surface area (Å²) in [5.74, 6) is -0.690. The number of allylic oxidation sites excluding steroid dienone is 2. The first kappa shape index (κ1) is 8.39. The number of rotatable bonds is 1. The molecule has 1 aliphatic rings. The van der Waals surface area contributed by atoms with Crippen LogP contribution in [0.25, 0.3) is 0 Å². The van der Waals surface area contributed by atoms with Gasteiger partial charge in [0.1, 0.15) is 0 Å². The van der Waals surface area contributed by atoms with Crippen LogP contribution in [-0.4, -0.2) is 11.0 Å². The molecule has 60 valence electrons. The number of halogens is 2. The van der Waals surface area contributed by atoms with Crippen molar-refractivity contribution in [2.45, 2.75) is 12.5 Å². The molecule has 0 aliphatic heterocycles. The van der Waals surface area contributed by atoms with E-state index in [9.17, 15) is 14.5 Å². The van der Waals surface area contributed by atoms with Crippen molar-refractivity contribution in [1.82, 2.24) is 0 Å². The van der Waals surface area contributed by atoms with Gasteiger partial charge >= 0.3 is 0 Å². The number of hydrogen-bond donors (Lipinski definition) is 0. The molecule has 11 heavy (non-hydrogen) atoms. The van der Waals surface area contributed by atoms with Crippen LogP contribution in [0.3, 0.4) is 0 Å². The summed E-state index contributed by atoms with van der Waals surface area (Å²) >= 11 is 3.03. The molecule has 0 amide bonds. The topological polar surface area (TPSA) is 43.1 Å². The molecule has 0 heterocycles. The zero-order valence-electron chi connectivity index (χ0n) is 5.46. The van der Waals surface area contributed by atoms with Crippen LogP contribution in [0.15, 0.2) is 22.5 Å². The third kappa shape index (κ3) is 1.86. The summed E-state index contributed by atoms with van der Waals surface area (Å²) in [6, 6.07) is -1.18. The zero-order valence-corrected chi connectivity index (χ0v) is 7.04. The molecule has 0 fully saturated rings. The van der Waals surface area contributed by atoms with Crippen LogP contribution in [-0.2, 0) is 0 Å². The van der Waals surface area contributed by atoms with Gasteiger partial charge in [-0.3, -0.25) is 10.1 Å². The standard InChI is InChI=1S/C6H5BrFNO2/c7-4-1-2-6(9(10)11)5(8)3-4/h1,3,6H,2H2. The van der Waals surface area contributed by atoms with Crippen LogP contribution in [0.2, 0.25) is 0 Å². The molecule has 1 atom stereocenters. The average molecular weight is 222 g/mol. The predicted molar refractivity (Wildman–Crippen MR) is 41.6 cm³/mol. The maximum absolute atomic E-state index is 12.7. The van der Waals surface area contributed by atoms with Crippen LogP contribution >= 0.6 is 15.9 Å². The van der Waals surface area contributed by atoms with Gasteiger partial charge in [-0.2, -0.15) is 0 Å². The highest BCUT2D eigenvalue weighted by atomic mass is 79.9. The van der Waals surface area contributed by atoms with E-state index >= 15 is 0 Å². The van der Waals surface area contributed by atoms with Gasteiger partial charge in [0.2, 0.25) is 0 Å². The molecule has 5 heteroatoms. The van der Waals surface area contributed by atoms with E-state index in [1.54, 1.807) is 6.08 Å². The fraction of sp³-hybridized carbons (Fsp3) is 0.333. The van der Waals surface area contributed by atoms with Gasteiger partial charge < -0.3 is 0 Å². The Morgan fingerprint density at radius 1 is 1.82 bits per heavy atom. The Bertz CT molecular complexity index is 249. The van der Waals surface area contributed by atoms with E-state index in [-0.39, 0.29) is 6.42 Å². The van der Waals surface area contributed by atoms with Gasteiger partial charge in [-0.25, -0.2) is 4.39 Å². The van der Waals surface area contributed by atoms with Crippen molar-refractivity contribution in [3.8, 4) is 0 Å². The summed E-state index contributed by atoms with van der Waals surface area (Å²) in [7, 11) is 0. The minimum atomic E-state index is -1.18. The smallest absolute Gasteiger partial charge is 0.264 e. The van der Waals surface area contributed by atoms with Crippen molar-refractivity contribution in [2.24, 2.45) is 0 Å². The van der Waals surface area contributed by atoms with Crippen LogP contribution < -0.4 is 0 Å². The van der Waals surface area contributed by atoms with Crippen LogP contribution in [0, 0.1) is 10.1 Å². The Morgan fingerprint density at radius 2 is 2.45 bits per heavy atom. The molecule has 0 spiro atoms. The third-order valence-electron chi connectivity index (χ3n) is 1.38. The maximum atomic E-state index is 12.7. The van der Waals surface area contributed by atoms with Crippen LogP contribution in [0.1, 0.15) is 6.42 Å². The van der Waals surface area contributed by atoms with Crippen molar-refractivity contribution in [2.75, 3.05) is 0 Å². The quantitative estimate of drug-likeness (QED) is 0.504. The second-order valence-electron chi connectivity index (χ2n) is 2.16. The first-order chi connectivity index (χ1) is 5.11. The van der Waals surface area contributed by atoms with Crippen LogP contribution in [0.5, 0.6) is 0 Å². The van der Waals surface area contributed by atoms with E-state index in [0.29, 0.717) is 4.48 Å². The summed E-state index contributed by atoms with van der Waals surface area (Å²) in [5.41, 5.74) is 0. The lowest BCUT2D eigenvalue weighted by Crippen LogP contribution is -2.20. The summed E-state index contributed by atoms with van der Waals surface area (Å²) in [5, 5.41) is 10.2. The first-order valence-corrected chi connectivity index (χ1v) is 3.77. The highest BCUT2D eigenvalue weighted by molar-refractivity contribution is 9.11. The fourth-order valence-electron chi connectivity index (χ4n) is 0.810. The molecule has 0 radical (unpaired) electrons. The van der Waals surface area contributed by atoms with Crippen molar-refractivity contribution in [3.63, 3.8) is 0 Å². The molecule has 3 nitrogen and oxygen atoms in total. The van der Waals surface area contributed by atoms with Crippen molar-refractivity contribution < 1.29 is 9.31 Å². The lowest BCUT2D eigenvalue weighted by atomic mass is 10.1. The largest absolute Gasteiger partial charge is 0.267 e. The number of nitrogens with zero attached hydrogens (tertiary/aromatic N) is 1. The monoisotopic (exact) mass is 221 g/mol. The predicted octanol–water partition coefficient (Wildman–Crippen LogP) is 2.17. The minimum Gasteiger partial charge on any atom is -0.264 e. The highest BCUT2D eigenvalue weighted by Gasteiger charge is 2.27. The lowest BCUT2D eigenvalue weighted by molar-refractivity contribution is -0.514. The molecule has 1 unspecified atom stereocenters. The SMILES string of the molecule is O=[N+]([O-])C1CC=C(Br)C=C1F. The van der Waals surface area contributed by atoms with Gasteiger partial charge in [0, 0.05) is 15.8 Å². The molecule has 0 aromatic rings. The number of nitro groups is 1. The molecule has 0 bridgehead atoms. The average Bonchev–Trinajstić information content (AvgIpc) is 1.85. The lowest BCUT2D eigenvalue weighted by Gasteiger charge is -2.08. The molecule has 0 aromatic carbocycles. The number of hydrogen-bond acceptors (Lipinski definition) is 2. The minimum absolute atomic E-state index is 0.121. The Hall–Kier alpha value is -0.710. The van der Waals surface area contributed by atoms with Crippen molar-refractivity contribution >= 4 is 15.9 Å². The van der Waals surface area contributed by atoms with E-state index < -0.39 is 16.8 Å². The highest BCUT2D eigenvalue weighted by Crippen LogP contribution is 2.23. The van der Waals surface area contributed by atoms with Gasteiger partial charge in [-0.05, 0) is 6.08 Å². The van der Waals surface area contributed by atoms with E-state index in [1.165, 1.54) is 0 Å². The fourth-order valence-corrected chi connectivity index (χ4v) is 1.22. The molecule has 0 saturated heterocycles. The van der Waals surface area contributed by atoms with Crippen LogP contribution in [0.4, 0.5) is 4.39 Å². The Labute approximate surface area is 70.9 Å². The Kier molecular flexibility index (Phi) is 2.38. The normalized spacial score (nSPS) is 24.0. The Balaban J connectivity index is 2.80. The summed E-state index contributed by atoms with van der Waals surface area (Å²) in [6.45, 7) is 0. The van der Waals surface area contributed by atoms with Gasteiger partial charge in [-0.1, -0.05) is 22.0 Å². The first-order valence-electron chi connectivity index (χ1n) is 2.97. The summed E-state index contributed by atoms with van der Waals surface area (Å²) in [6.07, 6.45) is 2.82. The third-order valence-corrected chi connectivity index (χ3v) is 1.94. The molecular weight excluding hydrogens is 217 g/mol. The second kappa shape index (κ2) is 3.13.